The van der Waals surface area contributed by atoms with Gasteiger partial charge < -0.3 is 15.2 Å². The Balaban J connectivity index is 2.25. The SMILES string of the molecule is COc1cc(I)c(Cl)cc1C(=O)NC1(CO)CCC1. The second-order valence-corrected chi connectivity index (χ2v) is 6.28. The van der Waals surface area contributed by atoms with Crippen molar-refractivity contribution in [1.82, 2.24) is 5.32 Å². The summed E-state index contributed by atoms with van der Waals surface area (Å²) in [5.74, 6) is 0.225. The number of benzene rings is 1. The summed E-state index contributed by atoms with van der Waals surface area (Å²) < 4.78 is 6.04. The number of carbonyl (C=O) groups is 1. The Morgan fingerprint density at radius 3 is 2.74 bits per heavy atom. The summed E-state index contributed by atoms with van der Waals surface area (Å²) in [4.78, 5) is 12.3. The van der Waals surface area contributed by atoms with E-state index in [-0.39, 0.29) is 12.5 Å². The zero-order chi connectivity index (χ0) is 14.0. The number of aliphatic hydroxyl groups excluding tert-OH is 1. The highest BCUT2D eigenvalue weighted by molar-refractivity contribution is 14.1. The third kappa shape index (κ3) is 2.98. The number of hydrogen-bond acceptors (Lipinski definition) is 3. The van der Waals surface area contributed by atoms with E-state index in [9.17, 15) is 9.90 Å². The highest BCUT2D eigenvalue weighted by atomic mass is 127. The summed E-state index contributed by atoms with van der Waals surface area (Å²) in [6, 6.07) is 3.32. The third-order valence-corrected chi connectivity index (χ3v) is 5.00. The molecule has 1 amide bonds. The maximum atomic E-state index is 12.3. The van der Waals surface area contributed by atoms with Gasteiger partial charge in [0, 0.05) is 3.57 Å². The Kier molecular flexibility index (Phi) is 4.58. The molecule has 1 fully saturated rings. The van der Waals surface area contributed by atoms with E-state index in [0.29, 0.717) is 16.3 Å². The molecule has 0 atom stereocenters. The average molecular weight is 396 g/mol. The zero-order valence-corrected chi connectivity index (χ0v) is 13.4. The van der Waals surface area contributed by atoms with E-state index in [1.165, 1.54) is 7.11 Å². The highest BCUT2D eigenvalue weighted by Crippen LogP contribution is 2.33. The Morgan fingerprint density at radius 2 is 2.26 bits per heavy atom. The van der Waals surface area contributed by atoms with Gasteiger partial charge in [-0.2, -0.15) is 0 Å². The smallest absolute Gasteiger partial charge is 0.255 e. The summed E-state index contributed by atoms with van der Waals surface area (Å²) in [6.07, 6.45) is 2.62. The standard InChI is InChI=1S/C13H15ClINO3/c1-19-11-6-10(15)9(14)5-8(11)12(18)16-13(7-17)3-2-4-13/h5-6,17H,2-4,7H2,1H3,(H,16,18). The topological polar surface area (TPSA) is 58.6 Å². The second kappa shape index (κ2) is 5.85. The van der Waals surface area contributed by atoms with Gasteiger partial charge in [0.25, 0.3) is 5.91 Å². The van der Waals surface area contributed by atoms with Gasteiger partial charge in [0.2, 0.25) is 0 Å². The van der Waals surface area contributed by atoms with Crippen molar-refractivity contribution in [1.29, 1.82) is 0 Å². The second-order valence-electron chi connectivity index (χ2n) is 4.71. The van der Waals surface area contributed by atoms with Crippen LogP contribution in [-0.4, -0.2) is 30.3 Å². The van der Waals surface area contributed by atoms with Crippen molar-refractivity contribution in [3.05, 3.63) is 26.3 Å². The fourth-order valence-electron chi connectivity index (χ4n) is 2.11. The predicted octanol–water partition coefficient (Wildman–Crippen LogP) is 2.60. The summed E-state index contributed by atoms with van der Waals surface area (Å²) in [6.45, 7) is -0.0425. The molecule has 1 saturated carbocycles. The molecule has 104 valence electrons. The fourth-order valence-corrected chi connectivity index (χ4v) is 2.71. The van der Waals surface area contributed by atoms with Crippen molar-refractivity contribution in [3.8, 4) is 5.75 Å². The molecule has 1 aliphatic carbocycles. The number of hydrogen-bond donors (Lipinski definition) is 2. The summed E-state index contributed by atoms with van der Waals surface area (Å²) in [7, 11) is 1.52. The van der Waals surface area contributed by atoms with Crippen LogP contribution in [-0.2, 0) is 0 Å². The quantitative estimate of drug-likeness (QED) is 0.771. The van der Waals surface area contributed by atoms with Crippen LogP contribution in [0.2, 0.25) is 5.02 Å². The molecule has 2 rings (SSSR count). The lowest BCUT2D eigenvalue weighted by Crippen LogP contribution is -2.56. The molecule has 1 aliphatic rings. The van der Waals surface area contributed by atoms with Crippen LogP contribution in [0.3, 0.4) is 0 Å². The zero-order valence-electron chi connectivity index (χ0n) is 10.5. The molecule has 4 nitrogen and oxygen atoms in total. The van der Waals surface area contributed by atoms with Crippen LogP contribution in [0.15, 0.2) is 12.1 Å². The monoisotopic (exact) mass is 395 g/mol. The Labute approximate surface area is 130 Å². The van der Waals surface area contributed by atoms with Gasteiger partial charge in [0.15, 0.2) is 0 Å². The van der Waals surface area contributed by atoms with Gasteiger partial charge in [-0.1, -0.05) is 11.6 Å². The van der Waals surface area contributed by atoms with Crippen LogP contribution in [0.5, 0.6) is 5.75 Å². The Morgan fingerprint density at radius 1 is 1.58 bits per heavy atom. The van der Waals surface area contributed by atoms with Gasteiger partial charge in [-0.15, -0.1) is 0 Å². The van der Waals surface area contributed by atoms with Gasteiger partial charge >= 0.3 is 0 Å². The number of aliphatic hydroxyl groups is 1. The van der Waals surface area contributed by atoms with Crippen molar-refractivity contribution in [3.63, 3.8) is 0 Å². The van der Waals surface area contributed by atoms with E-state index in [0.717, 1.165) is 22.8 Å². The minimum Gasteiger partial charge on any atom is -0.496 e. The molecule has 0 heterocycles. The van der Waals surface area contributed by atoms with Crippen molar-refractivity contribution in [2.75, 3.05) is 13.7 Å². The van der Waals surface area contributed by atoms with Crippen LogP contribution in [0.1, 0.15) is 29.6 Å². The average Bonchev–Trinajstić information content (AvgIpc) is 2.36. The molecule has 1 aromatic carbocycles. The van der Waals surface area contributed by atoms with Crippen LogP contribution in [0, 0.1) is 3.57 Å². The van der Waals surface area contributed by atoms with Crippen molar-refractivity contribution in [2.45, 2.75) is 24.8 Å². The first kappa shape index (κ1) is 14.9. The normalized spacial score (nSPS) is 16.6. The number of carbonyl (C=O) groups excluding carboxylic acids is 1. The van der Waals surface area contributed by atoms with E-state index in [1.807, 2.05) is 0 Å². The van der Waals surface area contributed by atoms with Gasteiger partial charge in [-0.3, -0.25) is 4.79 Å². The van der Waals surface area contributed by atoms with Gasteiger partial charge in [-0.25, -0.2) is 0 Å². The Bertz CT molecular complexity index is 497. The number of nitrogens with one attached hydrogen (secondary N) is 1. The summed E-state index contributed by atoms with van der Waals surface area (Å²) in [5, 5.41) is 12.8. The lowest BCUT2D eigenvalue weighted by atomic mass is 9.77. The highest BCUT2D eigenvalue weighted by Gasteiger charge is 2.38. The van der Waals surface area contributed by atoms with Crippen LogP contribution < -0.4 is 10.1 Å². The van der Waals surface area contributed by atoms with E-state index < -0.39 is 5.54 Å². The minimum atomic E-state index is -0.475. The number of halogens is 2. The van der Waals surface area contributed by atoms with E-state index in [1.54, 1.807) is 12.1 Å². The van der Waals surface area contributed by atoms with Crippen LogP contribution in [0.4, 0.5) is 0 Å². The number of ether oxygens (including phenoxy) is 1. The lowest BCUT2D eigenvalue weighted by Gasteiger charge is -2.41. The third-order valence-electron chi connectivity index (χ3n) is 3.48. The van der Waals surface area contributed by atoms with E-state index >= 15 is 0 Å². The lowest BCUT2D eigenvalue weighted by molar-refractivity contribution is 0.0639. The predicted molar refractivity (Wildman–Crippen MR) is 81.9 cm³/mol. The molecule has 0 aromatic heterocycles. The molecule has 0 radical (unpaired) electrons. The van der Waals surface area contributed by atoms with Crippen LogP contribution >= 0.6 is 34.2 Å². The van der Waals surface area contributed by atoms with Crippen molar-refractivity contribution < 1.29 is 14.6 Å². The first-order valence-corrected chi connectivity index (χ1v) is 7.43. The molecule has 19 heavy (non-hydrogen) atoms. The molecule has 2 N–H and O–H groups in total. The van der Waals surface area contributed by atoms with E-state index in [4.69, 9.17) is 16.3 Å². The fraction of sp³-hybridized carbons (Fsp3) is 0.462. The van der Waals surface area contributed by atoms with Crippen molar-refractivity contribution >= 4 is 40.1 Å². The molecular formula is C13H15ClINO3. The molecule has 0 bridgehead atoms. The maximum absolute atomic E-state index is 12.3. The number of rotatable bonds is 4. The molecule has 0 spiro atoms. The molecular weight excluding hydrogens is 381 g/mol. The van der Waals surface area contributed by atoms with E-state index in [2.05, 4.69) is 27.9 Å². The van der Waals surface area contributed by atoms with Gasteiger partial charge in [0.05, 0.1) is 29.8 Å². The first-order valence-electron chi connectivity index (χ1n) is 5.98. The number of methoxy groups -OCH3 is 1. The molecule has 6 heteroatoms. The van der Waals surface area contributed by atoms with Crippen molar-refractivity contribution in [2.24, 2.45) is 0 Å². The first-order chi connectivity index (χ1) is 9.01. The molecule has 0 saturated heterocycles. The number of amides is 1. The molecule has 1 aromatic rings. The largest absolute Gasteiger partial charge is 0.496 e. The van der Waals surface area contributed by atoms with Crippen LogP contribution in [0.25, 0.3) is 0 Å². The Hall–Kier alpha value is -0.530. The summed E-state index contributed by atoms with van der Waals surface area (Å²) >= 11 is 8.13. The van der Waals surface area contributed by atoms with Gasteiger partial charge in [0.1, 0.15) is 5.75 Å². The molecule has 0 aliphatic heterocycles. The minimum absolute atomic E-state index is 0.0425. The van der Waals surface area contributed by atoms with Gasteiger partial charge in [-0.05, 0) is 54.0 Å². The summed E-state index contributed by atoms with van der Waals surface area (Å²) in [5.41, 5.74) is -0.0787. The maximum Gasteiger partial charge on any atom is 0.255 e. The molecule has 0 unspecified atom stereocenters.